The van der Waals surface area contributed by atoms with Crippen LogP contribution in [0.15, 0.2) is 48.7 Å². The maximum atomic E-state index is 14.3. The van der Waals surface area contributed by atoms with E-state index in [1.807, 2.05) is 12.1 Å². The van der Waals surface area contributed by atoms with E-state index in [4.69, 9.17) is 4.74 Å². The lowest BCUT2D eigenvalue weighted by atomic mass is 9.98. The van der Waals surface area contributed by atoms with Crippen molar-refractivity contribution in [3.8, 4) is 5.69 Å². The van der Waals surface area contributed by atoms with E-state index in [0.717, 1.165) is 37.0 Å². The van der Waals surface area contributed by atoms with Crippen LogP contribution in [0, 0.1) is 5.82 Å². The number of ether oxygens (including phenoxy) is 1. The fraction of sp³-hybridized carbons (Fsp3) is 0.348. The van der Waals surface area contributed by atoms with Gasteiger partial charge >= 0.3 is 12.1 Å². The summed E-state index contributed by atoms with van der Waals surface area (Å²) in [4.78, 5) is 28.3. The number of fused-ring (bicyclic) bond motifs is 1. The number of para-hydroxylation sites is 1. The molecule has 0 bridgehead atoms. The molecule has 3 amide bonds. The maximum absolute atomic E-state index is 14.3. The quantitative estimate of drug-likeness (QED) is 0.604. The molecule has 7 nitrogen and oxygen atoms in total. The van der Waals surface area contributed by atoms with Gasteiger partial charge in [-0.25, -0.2) is 23.6 Å². The summed E-state index contributed by atoms with van der Waals surface area (Å²) in [6, 6.07) is 11.4. The van der Waals surface area contributed by atoms with Gasteiger partial charge in [0.25, 0.3) is 0 Å². The van der Waals surface area contributed by atoms with Gasteiger partial charge in [0, 0.05) is 11.9 Å². The number of amides is 3. The highest BCUT2D eigenvalue weighted by atomic mass is 19.1. The van der Waals surface area contributed by atoms with Crippen LogP contribution in [0.25, 0.3) is 16.6 Å². The fourth-order valence-electron chi connectivity index (χ4n) is 4.41. The van der Waals surface area contributed by atoms with E-state index in [9.17, 15) is 14.0 Å². The minimum Gasteiger partial charge on any atom is -0.446 e. The molecule has 2 aliphatic rings. The standard InChI is InChI=1S/C23H23FN4O3/c24-18-9-4-5-10-21(18)28-20-12-6-11-19(17(20)15-25-28)26-13-14-27(22(26)29)23(30)31-16-7-2-1-3-8-16/h4-6,9-12,15-16H,1-3,7-8,13-14H2. The normalized spacial score (nSPS) is 17.5. The van der Waals surface area contributed by atoms with Gasteiger partial charge in [0.05, 0.1) is 23.9 Å². The number of carbonyl (C=O) groups excluding carboxylic acids is 2. The molecule has 1 aromatic heterocycles. The average Bonchev–Trinajstić information content (AvgIpc) is 3.38. The fourth-order valence-corrected chi connectivity index (χ4v) is 4.41. The Morgan fingerprint density at radius 3 is 2.58 bits per heavy atom. The van der Waals surface area contributed by atoms with Crippen LogP contribution in [0.3, 0.4) is 0 Å². The Labute approximate surface area is 179 Å². The molecule has 2 heterocycles. The van der Waals surface area contributed by atoms with Crippen molar-refractivity contribution in [2.75, 3.05) is 18.0 Å². The third-order valence-electron chi connectivity index (χ3n) is 6.01. The number of halogens is 1. The van der Waals surface area contributed by atoms with Gasteiger partial charge < -0.3 is 4.74 Å². The summed E-state index contributed by atoms with van der Waals surface area (Å²) < 4.78 is 21.4. The molecule has 1 aliphatic heterocycles. The van der Waals surface area contributed by atoms with E-state index in [2.05, 4.69) is 5.10 Å². The first-order valence-corrected chi connectivity index (χ1v) is 10.6. The van der Waals surface area contributed by atoms with Crippen LogP contribution < -0.4 is 4.90 Å². The second kappa shape index (κ2) is 8.02. The van der Waals surface area contributed by atoms with E-state index in [1.54, 1.807) is 35.4 Å². The Morgan fingerprint density at radius 1 is 1.00 bits per heavy atom. The van der Waals surface area contributed by atoms with Crippen molar-refractivity contribution in [3.63, 3.8) is 0 Å². The summed E-state index contributed by atoms with van der Waals surface area (Å²) in [5.74, 6) is -0.383. The zero-order valence-corrected chi connectivity index (χ0v) is 17.0. The largest absolute Gasteiger partial charge is 0.446 e. The van der Waals surface area contributed by atoms with Gasteiger partial charge in [0.1, 0.15) is 17.6 Å². The highest BCUT2D eigenvalue weighted by Gasteiger charge is 2.37. The second-order valence-electron chi connectivity index (χ2n) is 7.95. The number of hydrogen-bond acceptors (Lipinski definition) is 4. The number of benzene rings is 2. The summed E-state index contributed by atoms with van der Waals surface area (Å²) in [7, 11) is 0. The predicted octanol–water partition coefficient (Wildman–Crippen LogP) is 4.88. The Hall–Kier alpha value is -3.42. The number of aromatic nitrogens is 2. The second-order valence-corrected chi connectivity index (χ2v) is 7.95. The molecule has 0 spiro atoms. The number of urea groups is 1. The average molecular weight is 422 g/mol. The Balaban J connectivity index is 1.40. The molecule has 0 unspecified atom stereocenters. The number of hydrogen-bond donors (Lipinski definition) is 0. The third-order valence-corrected chi connectivity index (χ3v) is 6.01. The molecule has 1 saturated heterocycles. The van der Waals surface area contributed by atoms with Gasteiger partial charge in [-0.05, 0) is 49.9 Å². The lowest BCUT2D eigenvalue weighted by molar-refractivity contribution is 0.0568. The molecule has 8 heteroatoms. The van der Waals surface area contributed by atoms with Crippen LogP contribution in [-0.4, -0.2) is 46.0 Å². The molecule has 31 heavy (non-hydrogen) atoms. The van der Waals surface area contributed by atoms with Crippen LogP contribution in [-0.2, 0) is 4.74 Å². The lowest BCUT2D eigenvalue weighted by Crippen LogP contribution is -2.38. The van der Waals surface area contributed by atoms with Crippen molar-refractivity contribution >= 4 is 28.7 Å². The van der Waals surface area contributed by atoms with Crippen LogP contribution >= 0.6 is 0 Å². The molecule has 0 atom stereocenters. The predicted molar refractivity (Wildman–Crippen MR) is 114 cm³/mol. The van der Waals surface area contributed by atoms with E-state index in [0.29, 0.717) is 28.8 Å². The van der Waals surface area contributed by atoms with E-state index < -0.39 is 12.1 Å². The smallest absolute Gasteiger partial charge is 0.418 e. The zero-order valence-electron chi connectivity index (χ0n) is 17.0. The van der Waals surface area contributed by atoms with Crippen molar-refractivity contribution in [3.05, 3.63) is 54.5 Å². The minimum absolute atomic E-state index is 0.106. The molecule has 2 fully saturated rings. The van der Waals surface area contributed by atoms with E-state index in [-0.39, 0.29) is 18.5 Å². The lowest BCUT2D eigenvalue weighted by Gasteiger charge is -2.24. The highest BCUT2D eigenvalue weighted by molar-refractivity contribution is 6.08. The van der Waals surface area contributed by atoms with Crippen molar-refractivity contribution in [2.24, 2.45) is 0 Å². The molecule has 0 radical (unpaired) electrons. The van der Waals surface area contributed by atoms with Gasteiger partial charge in [-0.3, -0.25) is 4.90 Å². The Bertz CT molecular complexity index is 1140. The number of carbonyl (C=O) groups is 2. The number of nitrogens with zero attached hydrogens (tertiary/aromatic N) is 4. The molecule has 0 N–H and O–H groups in total. The third kappa shape index (κ3) is 3.52. The van der Waals surface area contributed by atoms with Crippen molar-refractivity contribution in [1.82, 2.24) is 14.7 Å². The van der Waals surface area contributed by atoms with Crippen molar-refractivity contribution < 1.29 is 18.7 Å². The molecule has 2 aromatic carbocycles. The molecule has 3 aromatic rings. The SMILES string of the molecule is O=C(OC1CCCCC1)N1CCN(c2cccc3c2cnn3-c2ccccc2F)C1=O. The van der Waals surface area contributed by atoms with Crippen LogP contribution in [0.5, 0.6) is 0 Å². The number of anilines is 1. The van der Waals surface area contributed by atoms with Gasteiger partial charge in [-0.2, -0.15) is 5.10 Å². The van der Waals surface area contributed by atoms with Gasteiger partial charge in [-0.1, -0.05) is 24.6 Å². The highest BCUT2D eigenvalue weighted by Crippen LogP contribution is 2.31. The summed E-state index contributed by atoms with van der Waals surface area (Å²) in [5, 5.41) is 5.06. The maximum Gasteiger partial charge on any atom is 0.418 e. The molecule has 1 aliphatic carbocycles. The summed E-state index contributed by atoms with van der Waals surface area (Å²) in [6.07, 6.45) is 5.90. The summed E-state index contributed by atoms with van der Waals surface area (Å²) in [6.45, 7) is 0.630. The van der Waals surface area contributed by atoms with Crippen LogP contribution in [0.4, 0.5) is 19.7 Å². The first-order chi connectivity index (χ1) is 15.1. The topological polar surface area (TPSA) is 67.7 Å². The molecule has 1 saturated carbocycles. The van der Waals surface area contributed by atoms with E-state index in [1.165, 1.54) is 10.7 Å². The first-order valence-electron chi connectivity index (χ1n) is 10.6. The Morgan fingerprint density at radius 2 is 1.77 bits per heavy atom. The van der Waals surface area contributed by atoms with E-state index >= 15 is 0 Å². The monoisotopic (exact) mass is 422 g/mol. The molecule has 5 rings (SSSR count). The van der Waals surface area contributed by atoms with Crippen LogP contribution in [0.1, 0.15) is 32.1 Å². The molecule has 160 valence electrons. The Kier molecular flexibility index (Phi) is 5.05. The van der Waals surface area contributed by atoms with Gasteiger partial charge in [0.15, 0.2) is 0 Å². The van der Waals surface area contributed by atoms with Gasteiger partial charge in [0.2, 0.25) is 0 Å². The summed E-state index contributed by atoms with van der Waals surface area (Å²) >= 11 is 0. The number of imide groups is 1. The minimum atomic E-state index is -0.575. The zero-order chi connectivity index (χ0) is 21.4. The van der Waals surface area contributed by atoms with Crippen molar-refractivity contribution in [2.45, 2.75) is 38.2 Å². The molecular weight excluding hydrogens is 399 g/mol. The summed E-state index contributed by atoms with van der Waals surface area (Å²) in [5.41, 5.74) is 1.65. The first kappa shape index (κ1) is 19.5. The van der Waals surface area contributed by atoms with Crippen LogP contribution in [0.2, 0.25) is 0 Å². The molecular formula is C23H23FN4O3. The van der Waals surface area contributed by atoms with Gasteiger partial charge in [-0.15, -0.1) is 0 Å². The number of rotatable bonds is 3. The van der Waals surface area contributed by atoms with Crippen molar-refractivity contribution in [1.29, 1.82) is 0 Å².